The van der Waals surface area contributed by atoms with E-state index in [2.05, 4.69) is 10.6 Å². The minimum atomic E-state index is -0.628. The van der Waals surface area contributed by atoms with Crippen molar-refractivity contribution in [1.82, 2.24) is 10.2 Å². The van der Waals surface area contributed by atoms with Crippen LogP contribution in [0, 0.1) is 5.92 Å². The summed E-state index contributed by atoms with van der Waals surface area (Å²) in [6, 6.07) is 6.32. The second-order valence-corrected chi connectivity index (χ2v) is 6.74. The fraction of sp³-hybridized carbons (Fsp3) is 0.450. The number of hydrogen-bond donors (Lipinski definition) is 2. The summed E-state index contributed by atoms with van der Waals surface area (Å²) in [5.41, 5.74) is 2.36. The topological polar surface area (TPSA) is 87.7 Å². The molecule has 0 radical (unpaired) electrons. The summed E-state index contributed by atoms with van der Waals surface area (Å²) in [6.45, 7) is 6.04. The molecule has 0 spiro atoms. The number of amides is 3. The highest BCUT2D eigenvalue weighted by Crippen LogP contribution is 2.33. The van der Waals surface area contributed by atoms with Gasteiger partial charge in [-0.15, -0.1) is 0 Å². The van der Waals surface area contributed by atoms with Gasteiger partial charge >= 0.3 is 12.0 Å². The van der Waals surface area contributed by atoms with Crippen molar-refractivity contribution in [3.8, 4) is 0 Å². The van der Waals surface area contributed by atoms with E-state index in [9.17, 15) is 14.4 Å². The number of urea groups is 1. The molecule has 1 aromatic carbocycles. The Kier molecular flexibility index (Phi) is 5.48. The van der Waals surface area contributed by atoms with E-state index in [0.717, 1.165) is 18.4 Å². The van der Waals surface area contributed by atoms with E-state index < -0.39 is 12.0 Å². The normalized spacial score (nSPS) is 19.6. The van der Waals surface area contributed by atoms with Gasteiger partial charge in [-0.1, -0.05) is 12.1 Å². The zero-order valence-electron chi connectivity index (χ0n) is 15.9. The Hall–Kier alpha value is -2.83. The lowest BCUT2D eigenvalue weighted by atomic mass is 9.94. The Labute approximate surface area is 158 Å². The van der Waals surface area contributed by atoms with Crippen molar-refractivity contribution in [3.05, 3.63) is 41.1 Å². The molecule has 144 valence electrons. The van der Waals surface area contributed by atoms with Crippen LogP contribution in [0.1, 0.15) is 45.2 Å². The molecule has 0 aromatic heterocycles. The maximum atomic E-state index is 12.6. The summed E-state index contributed by atoms with van der Waals surface area (Å²) >= 11 is 0. The van der Waals surface area contributed by atoms with Gasteiger partial charge in [0.05, 0.1) is 18.2 Å². The molecule has 1 fully saturated rings. The van der Waals surface area contributed by atoms with Crippen LogP contribution in [-0.2, 0) is 14.3 Å². The number of esters is 1. The molecule has 27 heavy (non-hydrogen) atoms. The van der Waals surface area contributed by atoms with Gasteiger partial charge in [0.15, 0.2) is 0 Å². The third-order valence-corrected chi connectivity index (χ3v) is 4.84. The van der Waals surface area contributed by atoms with Crippen LogP contribution >= 0.6 is 0 Å². The van der Waals surface area contributed by atoms with Gasteiger partial charge in [0.1, 0.15) is 0 Å². The summed E-state index contributed by atoms with van der Waals surface area (Å²) in [7, 11) is 0. The number of rotatable bonds is 6. The van der Waals surface area contributed by atoms with Crippen LogP contribution in [-0.4, -0.2) is 36.0 Å². The van der Waals surface area contributed by atoms with Crippen molar-refractivity contribution >= 4 is 23.6 Å². The molecule has 3 amide bonds. The van der Waals surface area contributed by atoms with E-state index in [1.807, 2.05) is 13.0 Å². The molecule has 1 heterocycles. The molecule has 1 atom stereocenters. The fourth-order valence-corrected chi connectivity index (χ4v) is 3.27. The molecule has 2 aliphatic rings. The van der Waals surface area contributed by atoms with E-state index in [1.165, 1.54) is 4.90 Å². The summed E-state index contributed by atoms with van der Waals surface area (Å²) < 4.78 is 5.22. The largest absolute Gasteiger partial charge is 0.463 e. The molecular formula is C20H25N3O4. The van der Waals surface area contributed by atoms with Crippen molar-refractivity contribution in [1.29, 1.82) is 0 Å². The smallest absolute Gasteiger partial charge is 0.338 e. The lowest BCUT2D eigenvalue weighted by molar-refractivity contribution is -0.139. The van der Waals surface area contributed by atoms with Crippen LogP contribution in [0.4, 0.5) is 10.5 Å². The van der Waals surface area contributed by atoms with Crippen LogP contribution in [0.2, 0.25) is 0 Å². The number of anilines is 1. The number of allylic oxidation sites excluding steroid dienone is 1. The molecule has 1 aromatic rings. The second kappa shape index (κ2) is 7.82. The van der Waals surface area contributed by atoms with Crippen molar-refractivity contribution < 1.29 is 19.1 Å². The Morgan fingerprint density at radius 1 is 1.30 bits per heavy atom. The predicted octanol–water partition coefficient (Wildman–Crippen LogP) is 2.96. The molecule has 1 saturated carbocycles. The van der Waals surface area contributed by atoms with Crippen molar-refractivity contribution in [3.63, 3.8) is 0 Å². The summed E-state index contributed by atoms with van der Waals surface area (Å²) in [5.74, 6) is -0.349. The average molecular weight is 371 g/mol. The quantitative estimate of drug-likeness (QED) is 0.753. The molecule has 3 rings (SSSR count). The SMILES string of the molecule is CCOC(=O)C1=C(C)N(CC)C(=O)N[C@@H]1c1cccc(NC(=O)C2CC2)c1. The van der Waals surface area contributed by atoms with Gasteiger partial charge in [0, 0.05) is 23.8 Å². The van der Waals surface area contributed by atoms with E-state index in [1.54, 1.807) is 32.0 Å². The minimum absolute atomic E-state index is 0.00864. The minimum Gasteiger partial charge on any atom is -0.463 e. The van der Waals surface area contributed by atoms with Gasteiger partial charge in [0.25, 0.3) is 0 Å². The molecule has 0 bridgehead atoms. The molecule has 7 heteroatoms. The monoisotopic (exact) mass is 371 g/mol. The van der Waals surface area contributed by atoms with Crippen LogP contribution < -0.4 is 10.6 Å². The number of carbonyl (C=O) groups excluding carboxylic acids is 3. The van der Waals surface area contributed by atoms with Crippen LogP contribution in [0.3, 0.4) is 0 Å². The van der Waals surface area contributed by atoms with Crippen LogP contribution in [0.5, 0.6) is 0 Å². The summed E-state index contributed by atoms with van der Waals surface area (Å²) in [4.78, 5) is 38.6. The first kappa shape index (κ1) is 18.9. The Morgan fingerprint density at radius 3 is 2.67 bits per heavy atom. The number of benzene rings is 1. The Morgan fingerprint density at radius 2 is 2.04 bits per heavy atom. The van der Waals surface area contributed by atoms with Gasteiger partial charge in [-0.2, -0.15) is 0 Å². The van der Waals surface area contributed by atoms with Gasteiger partial charge in [-0.05, 0) is 51.3 Å². The van der Waals surface area contributed by atoms with Crippen molar-refractivity contribution in [2.24, 2.45) is 5.92 Å². The number of nitrogens with zero attached hydrogens (tertiary/aromatic N) is 1. The second-order valence-electron chi connectivity index (χ2n) is 6.74. The Bertz CT molecular complexity index is 798. The summed E-state index contributed by atoms with van der Waals surface area (Å²) in [5, 5.41) is 5.79. The number of hydrogen-bond acceptors (Lipinski definition) is 4. The van der Waals surface area contributed by atoms with Gasteiger partial charge in [0.2, 0.25) is 5.91 Å². The van der Waals surface area contributed by atoms with E-state index >= 15 is 0 Å². The fourth-order valence-electron chi connectivity index (χ4n) is 3.27. The molecule has 1 aliphatic heterocycles. The maximum Gasteiger partial charge on any atom is 0.338 e. The van der Waals surface area contributed by atoms with E-state index in [0.29, 0.717) is 23.5 Å². The van der Waals surface area contributed by atoms with Crippen molar-refractivity contribution in [2.45, 2.75) is 39.7 Å². The zero-order chi connectivity index (χ0) is 19.6. The molecule has 1 aliphatic carbocycles. The molecular weight excluding hydrogens is 346 g/mol. The standard InChI is InChI=1S/C20H25N3O4/c1-4-23-12(3)16(19(25)27-5-2)17(22-20(23)26)14-7-6-8-15(11-14)21-18(24)13-9-10-13/h6-8,11,13,17H,4-5,9-10H2,1-3H3,(H,21,24)(H,22,26)/t17-/m1/s1. The lowest BCUT2D eigenvalue weighted by Gasteiger charge is -2.34. The maximum absolute atomic E-state index is 12.6. The van der Waals surface area contributed by atoms with Crippen molar-refractivity contribution in [2.75, 3.05) is 18.5 Å². The molecule has 2 N–H and O–H groups in total. The van der Waals surface area contributed by atoms with E-state index in [4.69, 9.17) is 4.74 Å². The summed E-state index contributed by atoms with van der Waals surface area (Å²) in [6.07, 6.45) is 1.85. The Balaban J connectivity index is 1.95. The lowest BCUT2D eigenvalue weighted by Crippen LogP contribution is -2.47. The zero-order valence-corrected chi connectivity index (χ0v) is 15.9. The predicted molar refractivity (Wildman–Crippen MR) is 101 cm³/mol. The highest BCUT2D eigenvalue weighted by molar-refractivity contribution is 5.96. The van der Waals surface area contributed by atoms with Crippen LogP contribution in [0.15, 0.2) is 35.5 Å². The van der Waals surface area contributed by atoms with Crippen LogP contribution in [0.25, 0.3) is 0 Å². The highest BCUT2D eigenvalue weighted by Gasteiger charge is 2.36. The first-order valence-electron chi connectivity index (χ1n) is 9.33. The number of carbonyl (C=O) groups is 3. The molecule has 7 nitrogen and oxygen atoms in total. The number of ether oxygens (including phenoxy) is 1. The average Bonchev–Trinajstić information content (AvgIpc) is 3.47. The first-order chi connectivity index (χ1) is 13.0. The first-order valence-corrected chi connectivity index (χ1v) is 9.33. The third kappa shape index (κ3) is 3.97. The highest BCUT2D eigenvalue weighted by atomic mass is 16.5. The van der Waals surface area contributed by atoms with Gasteiger partial charge < -0.3 is 15.4 Å². The van der Waals surface area contributed by atoms with E-state index in [-0.39, 0.29) is 24.5 Å². The molecule has 0 unspecified atom stereocenters. The van der Waals surface area contributed by atoms with Gasteiger partial charge in [-0.25, -0.2) is 9.59 Å². The third-order valence-electron chi connectivity index (χ3n) is 4.84. The number of nitrogens with one attached hydrogen (secondary N) is 2. The van der Waals surface area contributed by atoms with Gasteiger partial charge in [-0.3, -0.25) is 9.69 Å². The molecule has 0 saturated heterocycles.